The van der Waals surface area contributed by atoms with E-state index in [1.807, 2.05) is 0 Å². The Morgan fingerprint density at radius 2 is 0.980 bits per heavy atom. The summed E-state index contributed by atoms with van der Waals surface area (Å²) in [6.45, 7) is 2.21. The van der Waals surface area contributed by atoms with Gasteiger partial charge in [0.05, 0.1) is 16.7 Å². The lowest BCUT2D eigenvalue weighted by Gasteiger charge is -2.34. The van der Waals surface area contributed by atoms with Crippen LogP contribution >= 0.6 is 0 Å². The van der Waals surface area contributed by atoms with Crippen LogP contribution in [-0.4, -0.2) is 17.6 Å². The lowest BCUT2D eigenvalue weighted by molar-refractivity contribution is 1.18. The van der Waals surface area contributed by atoms with E-state index < -0.39 is 8.07 Å². The SMILES string of the molecule is Cc1cc(-c2ccc([Si](c3ccccc3)(c3ccccc3)c3ccccc3)cn2)ccc1-c1ccc2c(c1)c1ccccc1n2-c1ccccc1. The molecular formula is C48H36N2Si. The van der Waals surface area contributed by atoms with Crippen molar-refractivity contribution in [2.75, 3.05) is 0 Å². The van der Waals surface area contributed by atoms with E-state index in [1.165, 1.54) is 64.9 Å². The number of nitrogens with zero attached hydrogens (tertiary/aromatic N) is 2. The Kier molecular flexibility index (Phi) is 7.76. The van der Waals surface area contributed by atoms with Crippen LogP contribution in [0.3, 0.4) is 0 Å². The van der Waals surface area contributed by atoms with Crippen LogP contribution in [-0.2, 0) is 0 Å². The van der Waals surface area contributed by atoms with E-state index >= 15 is 0 Å². The van der Waals surface area contributed by atoms with Gasteiger partial charge in [-0.05, 0) is 86.8 Å². The number of hydrogen-bond acceptors (Lipinski definition) is 1. The third kappa shape index (κ3) is 5.22. The van der Waals surface area contributed by atoms with Gasteiger partial charge in [0.2, 0.25) is 0 Å². The number of aromatic nitrogens is 2. The van der Waals surface area contributed by atoms with Gasteiger partial charge in [0.1, 0.15) is 0 Å². The lowest BCUT2D eigenvalue weighted by Crippen LogP contribution is -2.74. The molecule has 0 amide bonds. The molecule has 2 nitrogen and oxygen atoms in total. The predicted octanol–water partition coefficient (Wildman–Crippen LogP) is 9.20. The maximum absolute atomic E-state index is 5.17. The van der Waals surface area contributed by atoms with Gasteiger partial charge in [-0.15, -0.1) is 0 Å². The third-order valence-corrected chi connectivity index (χ3v) is 15.1. The number of fused-ring (bicyclic) bond motifs is 3. The Morgan fingerprint density at radius 3 is 1.57 bits per heavy atom. The summed E-state index contributed by atoms with van der Waals surface area (Å²) in [5.41, 5.74) is 9.38. The number of rotatable bonds is 7. The van der Waals surface area contributed by atoms with Crippen molar-refractivity contribution in [1.82, 2.24) is 9.55 Å². The van der Waals surface area contributed by atoms with Crippen molar-refractivity contribution in [1.29, 1.82) is 0 Å². The highest BCUT2D eigenvalue weighted by Gasteiger charge is 2.41. The molecule has 0 aliphatic heterocycles. The predicted molar refractivity (Wildman–Crippen MR) is 218 cm³/mol. The van der Waals surface area contributed by atoms with E-state index in [1.54, 1.807) is 0 Å². The summed E-state index contributed by atoms with van der Waals surface area (Å²) in [5.74, 6) is 0. The van der Waals surface area contributed by atoms with Gasteiger partial charge in [-0.2, -0.15) is 0 Å². The van der Waals surface area contributed by atoms with Crippen LogP contribution in [0, 0.1) is 6.92 Å². The van der Waals surface area contributed by atoms with Crippen LogP contribution < -0.4 is 20.7 Å². The Hall–Kier alpha value is -6.29. The van der Waals surface area contributed by atoms with Crippen LogP contribution in [0.15, 0.2) is 200 Å². The molecule has 0 unspecified atom stereocenters. The highest BCUT2D eigenvalue weighted by atomic mass is 28.3. The minimum Gasteiger partial charge on any atom is -0.309 e. The second-order valence-corrected chi connectivity index (χ2v) is 17.0. The Balaban J connectivity index is 1.11. The molecule has 7 aromatic carbocycles. The lowest BCUT2D eigenvalue weighted by atomic mass is 9.96. The normalized spacial score (nSPS) is 11.6. The molecule has 51 heavy (non-hydrogen) atoms. The molecule has 0 saturated heterocycles. The fourth-order valence-electron chi connectivity index (χ4n) is 7.99. The molecule has 0 aliphatic rings. The first-order valence-corrected chi connectivity index (χ1v) is 19.5. The van der Waals surface area contributed by atoms with Gasteiger partial charge in [-0.25, -0.2) is 0 Å². The minimum atomic E-state index is -2.61. The molecule has 2 heterocycles. The maximum Gasteiger partial charge on any atom is 0.181 e. The van der Waals surface area contributed by atoms with Crippen LogP contribution in [0.4, 0.5) is 0 Å². The van der Waals surface area contributed by atoms with E-state index in [0.29, 0.717) is 0 Å². The molecule has 0 radical (unpaired) electrons. The molecular weight excluding hydrogens is 633 g/mol. The number of pyridine rings is 1. The molecule has 242 valence electrons. The Morgan fingerprint density at radius 1 is 0.431 bits per heavy atom. The van der Waals surface area contributed by atoms with Crippen LogP contribution in [0.25, 0.3) is 49.9 Å². The zero-order valence-corrected chi connectivity index (χ0v) is 29.4. The first-order valence-electron chi connectivity index (χ1n) is 17.5. The molecule has 0 saturated carbocycles. The fraction of sp³-hybridized carbons (Fsp3) is 0.0208. The monoisotopic (exact) mass is 668 g/mol. The number of para-hydroxylation sites is 2. The van der Waals surface area contributed by atoms with Gasteiger partial charge >= 0.3 is 0 Å². The van der Waals surface area contributed by atoms with Crippen LogP contribution in [0.5, 0.6) is 0 Å². The second-order valence-electron chi connectivity index (χ2n) is 13.2. The summed E-state index contributed by atoms with van der Waals surface area (Å²) in [6.07, 6.45) is 2.13. The van der Waals surface area contributed by atoms with E-state index in [0.717, 1.165) is 11.3 Å². The average Bonchev–Trinajstić information content (AvgIpc) is 3.54. The molecule has 2 aromatic heterocycles. The largest absolute Gasteiger partial charge is 0.309 e. The minimum absolute atomic E-state index is 0.979. The van der Waals surface area contributed by atoms with Crippen LogP contribution in [0.2, 0.25) is 0 Å². The van der Waals surface area contributed by atoms with Gasteiger partial charge in [0.25, 0.3) is 0 Å². The molecule has 0 N–H and O–H groups in total. The quantitative estimate of drug-likeness (QED) is 0.122. The van der Waals surface area contributed by atoms with Gasteiger partial charge in [0, 0.05) is 28.2 Å². The smallest absolute Gasteiger partial charge is 0.181 e. The molecule has 0 atom stereocenters. The van der Waals surface area contributed by atoms with Gasteiger partial charge < -0.3 is 4.57 Å². The number of hydrogen-bond donors (Lipinski definition) is 0. The van der Waals surface area contributed by atoms with Crippen molar-refractivity contribution < 1.29 is 0 Å². The van der Waals surface area contributed by atoms with Crippen molar-refractivity contribution in [3.05, 3.63) is 206 Å². The molecule has 9 rings (SSSR count). The van der Waals surface area contributed by atoms with Gasteiger partial charge in [0.15, 0.2) is 8.07 Å². The summed E-state index contributed by atoms with van der Waals surface area (Å²) in [6, 6.07) is 70.5. The average molecular weight is 669 g/mol. The first kappa shape index (κ1) is 30.7. The third-order valence-electron chi connectivity index (χ3n) is 10.3. The summed E-state index contributed by atoms with van der Waals surface area (Å²) in [7, 11) is -2.61. The molecule has 0 fully saturated rings. The van der Waals surface area contributed by atoms with E-state index in [-0.39, 0.29) is 0 Å². The van der Waals surface area contributed by atoms with Crippen molar-refractivity contribution in [3.8, 4) is 28.1 Å². The number of benzene rings is 7. The maximum atomic E-state index is 5.17. The second kappa shape index (κ2) is 12.9. The van der Waals surface area contributed by atoms with Crippen molar-refractivity contribution >= 4 is 50.6 Å². The standard InChI is InChI=1S/C48H36N2Si/c1-35-32-37(26-29-43(35)36-27-31-48-45(33-36)44-24-14-15-25-47(44)50(48)38-16-6-2-7-17-38)46-30-28-42(34-49-46)51(39-18-8-3-9-19-39,40-20-10-4-11-21-40)41-22-12-5-13-23-41/h2-34H,1H3. The highest BCUT2D eigenvalue weighted by Crippen LogP contribution is 2.36. The van der Waals surface area contributed by atoms with Crippen LogP contribution in [0.1, 0.15) is 5.56 Å². The molecule has 9 aromatic rings. The van der Waals surface area contributed by atoms with Gasteiger partial charge in [-0.1, -0.05) is 152 Å². The zero-order chi connectivity index (χ0) is 34.2. The molecule has 0 bridgehead atoms. The van der Waals surface area contributed by atoms with E-state index in [4.69, 9.17) is 4.98 Å². The summed E-state index contributed by atoms with van der Waals surface area (Å²) >= 11 is 0. The van der Waals surface area contributed by atoms with Crippen molar-refractivity contribution in [2.24, 2.45) is 0 Å². The molecule has 0 spiro atoms. The topological polar surface area (TPSA) is 17.8 Å². The Bertz CT molecular complexity index is 2520. The fourth-order valence-corrected chi connectivity index (χ4v) is 12.7. The molecule has 3 heteroatoms. The van der Waals surface area contributed by atoms with Crippen molar-refractivity contribution in [2.45, 2.75) is 6.92 Å². The van der Waals surface area contributed by atoms with E-state index in [2.05, 4.69) is 212 Å². The van der Waals surface area contributed by atoms with E-state index in [9.17, 15) is 0 Å². The molecule has 0 aliphatic carbocycles. The summed E-state index contributed by atoms with van der Waals surface area (Å²) < 4.78 is 2.37. The Labute approximate surface area is 300 Å². The van der Waals surface area contributed by atoms with Gasteiger partial charge in [-0.3, -0.25) is 4.98 Å². The first-order chi connectivity index (χ1) is 25.2. The van der Waals surface area contributed by atoms with Crippen molar-refractivity contribution in [3.63, 3.8) is 0 Å². The number of aryl methyl sites for hydroxylation is 1. The highest BCUT2D eigenvalue weighted by molar-refractivity contribution is 7.19. The zero-order valence-electron chi connectivity index (χ0n) is 28.4. The summed E-state index contributed by atoms with van der Waals surface area (Å²) in [5, 5.41) is 7.84. The summed E-state index contributed by atoms with van der Waals surface area (Å²) in [4.78, 5) is 5.17.